The molecule has 1 aromatic heterocycles. The van der Waals surface area contributed by atoms with Gasteiger partial charge in [0.15, 0.2) is 0 Å². The van der Waals surface area contributed by atoms with Crippen LogP contribution in [-0.4, -0.2) is 35.0 Å². The molecular formula is C14H24ClN3O2. The van der Waals surface area contributed by atoms with Gasteiger partial charge >= 0.3 is 0 Å². The molecule has 6 heteroatoms. The lowest BCUT2D eigenvalue weighted by Crippen LogP contribution is -2.37. The highest BCUT2D eigenvalue weighted by Crippen LogP contribution is 2.03. The molecule has 0 bridgehead atoms. The van der Waals surface area contributed by atoms with Crippen LogP contribution in [0.15, 0.2) is 29.2 Å². The van der Waals surface area contributed by atoms with Crippen molar-refractivity contribution < 1.29 is 4.79 Å². The predicted octanol–water partition coefficient (Wildman–Crippen LogP) is 1.10. The molecule has 20 heavy (non-hydrogen) atoms. The average molecular weight is 302 g/mol. The molecule has 0 radical (unpaired) electrons. The zero-order valence-corrected chi connectivity index (χ0v) is 13.1. The van der Waals surface area contributed by atoms with E-state index < -0.39 is 0 Å². The Morgan fingerprint density at radius 1 is 1.40 bits per heavy atom. The van der Waals surface area contributed by atoms with Crippen molar-refractivity contribution in [3.05, 3.63) is 34.7 Å². The summed E-state index contributed by atoms with van der Waals surface area (Å²) in [6.45, 7) is 4.82. The van der Waals surface area contributed by atoms with Gasteiger partial charge in [0, 0.05) is 31.9 Å². The smallest absolute Gasteiger partial charge is 0.250 e. The van der Waals surface area contributed by atoms with Crippen LogP contribution in [0.1, 0.15) is 20.3 Å². The van der Waals surface area contributed by atoms with E-state index in [2.05, 4.69) is 13.8 Å². The molecule has 1 amide bonds. The van der Waals surface area contributed by atoms with Crippen LogP contribution in [0, 0.1) is 5.92 Å². The summed E-state index contributed by atoms with van der Waals surface area (Å²) >= 11 is 0. The number of carbonyl (C=O) groups is 1. The third-order valence-corrected chi connectivity index (χ3v) is 3.28. The third kappa shape index (κ3) is 5.75. The minimum Gasteiger partial charge on any atom is -0.344 e. The summed E-state index contributed by atoms with van der Waals surface area (Å²) < 4.78 is 1.40. The number of rotatable bonds is 6. The van der Waals surface area contributed by atoms with E-state index in [-0.39, 0.29) is 36.5 Å². The number of nitrogens with two attached hydrogens (primary N) is 1. The van der Waals surface area contributed by atoms with Gasteiger partial charge < -0.3 is 15.2 Å². The van der Waals surface area contributed by atoms with Crippen LogP contribution in [0.3, 0.4) is 0 Å². The Bertz CT molecular complexity index is 473. The van der Waals surface area contributed by atoms with E-state index in [4.69, 9.17) is 5.73 Å². The summed E-state index contributed by atoms with van der Waals surface area (Å²) in [7, 11) is 1.74. The van der Waals surface area contributed by atoms with Crippen molar-refractivity contribution in [2.45, 2.75) is 32.9 Å². The van der Waals surface area contributed by atoms with Gasteiger partial charge in [0.25, 0.3) is 5.56 Å². The number of likely N-dealkylation sites (N-methyl/N-ethyl adjacent to an activating group) is 1. The molecule has 1 aromatic rings. The molecule has 0 aliphatic rings. The summed E-state index contributed by atoms with van der Waals surface area (Å²) in [6.07, 6.45) is 2.39. The van der Waals surface area contributed by atoms with Gasteiger partial charge in [-0.2, -0.15) is 0 Å². The van der Waals surface area contributed by atoms with E-state index in [1.807, 2.05) is 0 Å². The van der Waals surface area contributed by atoms with Gasteiger partial charge in [0.2, 0.25) is 5.91 Å². The van der Waals surface area contributed by atoms with Crippen molar-refractivity contribution in [3.63, 3.8) is 0 Å². The molecule has 0 aliphatic carbocycles. The zero-order valence-electron chi connectivity index (χ0n) is 12.3. The standard InChI is InChI=1S/C14H23N3O2.ClH/c1-11(2)12(15)7-9-16(3)14(19)10-17-8-5-4-6-13(17)18;/h4-6,8,11-12H,7,9-10,15H2,1-3H3;1H. The minimum absolute atomic E-state index is 0. The van der Waals surface area contributed by atoms with Gasteiger partial charge in [-0.1, -0.05) is 19.9 Å². The minimum atomic E-state index is -0.164. The molecule has 0 spiro atoms. The van der Waals surface area contributed by atoms with E-state index in [1.54, 1.807) is 30.3 Å². The molecule has 0 saturated heterocycles. The lowest BCUT2D eigenvalue weighted by atomic mass is 10.0. The van der Waals surface area contributed by atoms with Gasteiger partial charge in [-0.3, -0.25) is 9.59 Å². The van der Waals surface area contributed by atoms with Gasteiger partial charge in [0.05, 0.1) is 0 Å². The Morgan fingerprint density at radius 3 is 2.60 bits per heavy atom. The van der Waals surface area contributed by atoms with Gasteiger partial charge in [-0.05, 0) is 18.4 Å². The van der Waals surface area contributed by atoms with Crippen molar-refractivity contribution in [1.82, 2.24) is 9.47 Å². The molecule has 0 aliphatic heterocycles. The molecule has 1 rings (SSSR count). The molecule has 1 heterocycles. The van der Waals surface area contributed by atoms with Gasteiger partial charge in [0.1, 0.15) is 6.54 Å². The fourth-order valence-electron chi connectivity index (χ4n) is 1.66. The van der Waals surface area contributed by atoms with Crippen molar-refractivity contribution in [2.75, 3.05) is 13.6 Å². The number of pyridine rings is 1. The summed E-state index contributed by atoms with van der Waals surface area (Å²) in [4.78, 5) is 25.1. The Labute approximate surface area is 126 Å². The maximum absolute atomic E-state index is 12.0. The lowest BCUT2D eigenvalue weighted by molar-refractivity contribution is -0.130. The molecule has 5 nitrogen and oxygen atoms in total. The van der Waals surface area contributed by atoms with E-state index in [9.17, 15) is 9.59 Å². The highest BCUT2D eigenvalue weighted by molar-refractivity contribution is 5.85. The quantitative estimate of drug-likeness (QED) is 0.855. The lowest BCUT2D eigenvalue weighted by Gasteiger charge is -2.21. The van der Waals surface area contributed by atoms with E-state index in [0.717, 1.165) is 6.42 Å². The summed E-state index contributed by atoms with van der Waals surface area (Å²) in [6, 6.07) is 4.94. The second kappa shape index (κ2) is 8.76. The summed E-state index contributed by atoms with van der Waals surface area (Å²) in [5.41, 5.74) is 5.78. The largest absolute Gasteiger partial charge is 0.344 e. The Balaban J connectivity index is 0.00000361. The Morgan fingerprint density at radius 2 is 2.05 bits per heavy atom. The monoisotopic (exact) mass is 301 g/mol. The molecular weight excluding hydrogens is 278 g/mol. The second-order valence-corrected chi connectivity index (χ2v) is 5.18. The number of halogens is 1. The van der Waals surface area contributed by atoms with Gasteiger partial charge in [-0.25, -0.2) is 0 Å². The van der Waals surface area contributed by atoms with Gasteiger partial charge in [-0.15, -0.1) is 12.4 Å². The predicted molar refractivity (Wildman–Crippen MR) is 83.0 cm³/mol. The maximum Gasteiger partial charge on any atom is 0.250 e. The zero-order chi connectivity index (χ0) is 14.4. The van der Waals surface area contributed by atoms with Crippen molar-refractivity contribution in [1.29, 1.82) is 0 Å². The van der Waals surface area contributed by atoms with Crippen LogP contribution < -0.4 is 11.3 Å². The first-order valence-electron chi connectivity index (χ1n) is 6.57. The maximum atomic E-state index is 12.0. The average Bonchev–Trinajstić information content (AvgIpc) is 2.37. The van der Waals surface area contributed by atoms with E-state index >= 15 is 0 Å². The fourth-order valence-corrected chi connectivity index (χ4v) is 1.66. The SMILES string of the molecule is CC(C)C(N)CCN(C)C(=O)Cn1ccccc1=O.Cl. The van der Waals surface area contributed by atoms with Crippen LogP contribution in [0.2, 0.25) is 0 Å². The van der Waals surface area contributed by atoms with Crippen LogP contribution in [0.4, 0.5) is 0 Å². The fraction of sp³-hybridized carbons (Fsp3) is 0.571. The first kappa shape index (κ1) is 18.7. The second-order valence-electron chi connectivity index (χ2n) is 5.18. The van der Waals surface area contributed by atoms with E-state index in [0.29, 0.717) is 12.5 Å². The number of aromatic nitrogens is 1. The third-order valence-electron chi connectivity index (χ3n) is 3.28. The highest BCUT2D eigenvalue weighted by atomic mass is 35.5. The topological polar surface area (TPSA) is 68.3 Å². The molecule has 0 saturated carbocycles. The van der Waals surface area contributed by atoms with Crippen LogP contribution >= 0.6 is 12.4 Å². The number of nitrogens with zero attached hydrogens (tertiary/aromatic N) is 2. The molecule has 2 N–H and O–H groups in total. The van der Waals surface area contributed by atoms with Crippen LogP contribution in [0.25, 0.3) is 0 Å². The van der Waals surface area contributed by atoms with Crippen LogP contribution in [-0.2, 0) is 11.3 Å². The summed E-state index contributed by atoms with van der Waals surface area (Å²) in [5.74, 6) is 0.324. The molecule has 0 aromatic carbocycles. The molecule has 1 unspecified atom stereocenters. The number of carbonyl (C=O) groups excluding carboxylic acids is 1. The first-order chi connectivity index (χ1) is 8.91. The number of hydrogen-bond donors (Lipinski definition) is 1. The molecule has 114 valence electrons. The van der Waals surface area contributed by atoms with Crippen molar-refractivity contribution >= 4 is 18.3 Å². The van der Waals surface area contributed by atoms with E-state index in [1.165, 1.54) is 10.6 Å². The van der Waals surface area contributed by atoms with Crippen molar-refractivity contribution in [3.8, 4) is 0 Å². The van der Waals surface area contributed by atoms with Crippen molar-refractivity contribution in [2.24, 2.45) is 11.7 Å². The van der Waals surface area contributed by atoms with Crippen LogP contribution in [0.5, 0.6) is 0 Å². The first-order valence-corrected chi connectivity index (χ1v) is 6.57. The number of amides is 1. The number of hydrogen-bond acceptors (Lipinski definition) is 3. The molecule has 1 atom stereocenters. The molecule has 0 fully saturated rings. The normalized spacial score (nSPS) is 11.8. The summed E-state index contributed by atoms with van der Waals surface area (Å²) in [5, 5.41) is 0. The Kier molecular flexibility index (Phi) is 8.18. The highest BCUT2D eigenvalue weighted by Gasteiger charge is 2.13. The Hall–Kier alpha value is -1.33.